The summed E-state index contributed by atoms with van der Waals surface area (Å²) in [7, 11) is 0. The summed E-state index contributed by atoms with van der Waals surface area (Å²) in [6, 6.07) is 11.6. The van der Waals surface area contributed by atoms with Gasteiger partial charge in [0, 0.05) is 32.1 Å². The number of furan rings is 1. The Balaban J connectivity index is 1.27. The normalized spacial score (nSPS) is 16.5. The number of piperazine rings is 1. The number of nitriles is 1. The van der Waals surface area contributed by atoms with Gasteiger partial charge in [0.2, 0.25) is 17.5 Å². The molecule has 2 aliphatic rings. The fourth-order valence-corrected chi connectivity index (χ4v) is 3.65. The summed E-state index contributed by atoms with van der Waals surface area (Å²) in [5, 5.41) is 9.37. The molecule has 5 rings (SSSR count). The van der Waals surface area contributed by atoms with Crippen LogP contribution < -0.4 is 4.90 Å². The molecule has 0 unspecified atom stereocenters. The van der Waals surface area contributed by atoms with E-state index < -0.39 is 5.82 Å². The molecule has 3 heterocycles. The zero-order chi connectivity index (χ0) is 20.7. The lowest BCUT2D eigenvalue weighted by Gasteiger charge is -2.34. The molecule has 7 nitrogen and oxygen atoms in total. The van der Waals surface area contributed by atoms with E-state index >= 15 is 0 Å². The number of amides is 1. The van der Waals surface area contributed by atoms with E-state index in [4.69, 9.17) is 8.83 Å². The largest absolute Gasteiger partial charge is 0.451 e. The average molecular weight is 406 g/mol. The van der Waals surface area contributed by atoms with Crippen LogP contribution in [0.3, 0.4) is 0 Å². The van der Waals surface area contributed by atoms with E-state index in [9.17, 15) is 14.4 Å². The van der Waals surface area contributed by atoms with Crippen LogP contribution in [0.25, 0.3) is 11.3 Å². The first-order valence-corrected chi connectivity index (χ1v) is 9.94. The first-order valence-electron chi connectivity index (χ1n) is 9.94. The van der Waals surface area contributed by atoms with Crippen molar-refractivity contribution in [2.45, 2.75) is 18.8 Å². The van der Waals surface area contributed by atoms with Crippen molar-refractivity contribution >= 4 is 11.8 Å². The third-order valence-electron chi connectivity index (χ3n) is 5.47. The first kappa shape index (κ1) is 18.4. The summed E-state index contributed by atoms with van der Waals surface area (Å²) < 4.78 is 25.4. The molecule has 2 fully saturated rings. The maximum Gasteiger partial charge on any atom is 0.289 e. The van der Waals surface area contributed by atoms with E-state index in [1.54, 1.807) is 35.2 Å². The van der Waals surface area contributed by atoms with Crippen LogP contribution in [0.15, 0.2) is 45.2 Å². The molecule has 0 spiro atoms. The summed E-state index contributed by atoms with van der Waals surface area (Å²) >= 11 is 0. The monoisotopic (exact) mass is 406 g/mol. The van der Waals surface area contributed by atoms with Crippen LogP contribution in [0.2, 0.25) is 0 Å². The van der Waals surface area contributed by atoms with Gasteiger partial charge in [-0.05, 0) is 37.1 Å². The van der Waals surface area contributed by atoms with Gasteiger partial charge >= 0.3 is 0 Å². The van der Waals surface area contributed by atoms with Crippen LogP contribution in [-0.4, -0.2) is 42.0 Å². The Morgan fingerprint density at radius 3 is 2.57 bits per heavy atom. The van der Waals surface area contributed by atoms with Crippen molar-refractivity contribution in [3.63, 3.8) is 0 Å². The van der Waals surface area contributed by atoms with Crippen molar-refractivity contribution in [3.05, 3.63) is 59.6 Å². The van der Waals surface area contributed by atoms with E-state index in [-0.39, 0.29) is 11.7 Å². The smallest absolute Gasteiger partial charge is 0.289 e. The second-order valence-electron chi connectivity index (χ2n) is 7.51. The van der Waals surface area contributed by atoms with Crippen LogP contribution in [-0.2, 0) is 0 Å². The third-order valence-corrected chi connectivity index (χ3v) is 5.47. The van der Waals surface area contributed by atoms with Gasteiger partial charge in [-0.25, -0.2) is 9.37 Å². The Kier molecular flexibility index (Phi) is 4.51. The molecular weight excluding hydrogens is 387 g/mol. The van der Waals surface area contributed by atoms with Crippen molar-refractivity contribution in [2.24, 2.45) is 0 Å². The molecule has 1 aliphatic heterocycles. The zero-order valence-electron chi connectivity index (χ0n) is 16.2. The average Bonchev–Trinajstić information content (AvgIpc) is 3.35. The molecule has 0 radical (unpaired) electrons. The lowest BCUT2D eigenvalue weighted by atomic mass is 10.1. The molecule has 8 heteroatoms. The zero-order valence-corrected chi connectivity index (χ0v) is 16.2. The number of aromatic nitrogens is 1. The SMILES string of the molecule is N#Cc1nc(C2CC2)oc1N1CCN(C(=O)c2ccc(-c3ccccc3F)o2)CC1. The van der Waals surface area contributed by atoms with Gasteiger partial charge in [-0.3, -0.25) is 4.79 Å². The predicted octanol–water partition coefficient (Wildman–Crippen LogP) is 3.79. The van der Waals surface area contributed by atoms with Crippen molar-refractivity contribution in [1.82, 2.24) is 9.88 Å². The molecule has 0 bridgehead atoms. The summed E-state index contributed by atoms with van der Waals surface area (Å²) in [5.74, 6) is 1.32. The van der Waals surface area contributed by atoms with Crippen molar-refractivity contribution in [2.75, 3.05) is 31.1 Å². The molecule has 0 atom stereocenters. The standard InChI is InChI=1S/C22H19FN4O3/c23-16-4-2-1-3-15(16)18-7-8-19(29-18)21(28)26-9-11-27(12-10-26)22-17(13-24)25-20(30-22)14-5-6-14/h1-4,7-8,14H,5-6,9-12H2. The quantitative estimate of drug-likeness (QED) is 0.655. The van der Waals surface area contributed by atoms with Gasteiger partial charge < -0.3 is 18.6 Å². The highest BCUT2D eigenvalue weighted by Gasteiger charge is 2.33. The highest BCUT2D eigenvalue weighted by molar-refractivity contribution is 5.92. The minimum absolute atomic E-state index is 0.176. The van der Waals surface area contributed by atoms with E-state index in [1.807, 2.05) is 4.90 Å². The molecule has 152 valence electrons. The fourth-order valence-electron chi connectivity index (χ4n) is 3.65. The maximum atomic E-state index is 14.0. The number of anilines is 1. The number of carbonyl (C=O) groups excluding carboxylic acids is 1. The van der Waals surface area contributed by atoms with Crippen LogP contribution >= 0.6 is 0 Å². The van der Waals surface area contributed by atoms with Crippen molar-refractivity contribution in [1.29, 1.82) is 5.26 Å². The lowest BCUT2D eigenvalue weighted by Crippen LogP contribution is -2.48. The van der Waals surface area contributed by atoms with E-state index in [0.29, 0.717) is 60.9 Å². The molecule has 1 saturated carbocycles. The molecule has 2 aromatic heterocycles. The Bertz CT molecular complexity index is 1130. The van der Waals surface area contributed by atoms with Gasteiger partial charge in [0.15, 0.2) is 5.76 Å². The number of nitrogens with zero attached hydrogens (tertiary/aromatic N) is 4. The molecule has 1 aromatic carbocycles. The van der Waals surface area contributed by atoms with Gasteiger partial charge in [0.05, 0.1) is 5.56 Å². The first-order chi connectivity index (χ1) is 14.6. The molecule has 1 aliphatic carbocycles. The Morgan fingerprint density at radius 1 is 1.10 bits per heavy atom. The number of hydrogen-bond acceptors (Lipinski definition) is 6. The molecule has 1 saturated heterocycles. The number of rotatable bonds is 4. The number of hydrogen-bond donors (Lipinski definition) is 0. The third kappa shape index (κ3) is 3.32. The topological polar surface area (TPSA) is 86.5 Å². The highest BCUT2D eigenvalue weighted by atomic mass is 19.1. The van der Waals surface area contributed by atoms with E-state index in [0.717, 1.165) is 12.8 Å². The molecular formula is C22H19FN4O3. The number of benzene rings is 1. The Hall–Kier alpha value is -3.60. The van der Waals surface area contributed by atoms with E-state index in [1.165, 1.54) is 6.07 Å². The Morgan fingerprint density at radius 2 is 1.87 bits per heavy atom. The lowest BCUT2D eigenvalue weighted by molar-refractivity contribution is 0.0714. The highest BCUT2D eigenvalue weighted by Crippen LogP contribution is 2.41. The summed E-state index contributed by atoms with van der Waals surface area (Å²) in [6.07, 6.45) is 2.09. The molecule has 1 amide bonds. The van der Waals surface area contributed by atoms with Gasteiger partial charge in [0.1, 0.15) is 17.6 Å². The van der Waals surface area contributed by atoms with Gasteiger partial charge in [-0.2, -0.15) is 5.26 Å². The fraction of sp³-hybridized carbons (Fsp3) is 0.318. The molecule has 3 aromatic rings. The summed E-state index contributed by atoms with van der Waals surface area (Å²) in [5.41, 5.74) is 0.624. The van der Waals surface area contributed by atoms with E-state index in [2.05, 4.69) is 11.1 Å². The van der Waals surface area contributed by atoms with Crippen LogP contribution in [0, 0.1) is 17.1 Å². The molecule has 30 heavy (non-hydrogen) atoms. The maximum absolute atomic E-state index is 14.0. The van der Waals surface area contributed by atoms with Gasteiger partial charge in [-0.1, -0.05) is 12.1 Å². The van der Waals surface area contributed by atoms with Crippen molar-refractivity contribution in [3.8, 4) is 17.4 Å². The molecule has 0 N–H and O–H groups in total. The van der Waals surface area contributed by atoms with Crippen LogP contribution in [0.1, 0.15) is 40.9 Å². The minimum atomic E-state index is -0.398. The summed E-state index contributed by atoms with van der Waals surface area (Å²) in [4.78, 5) is 20.8. The van der Waals surface area contributed by atoms with Crippen molar-refractivity contribution < 1.29 is 18.0 Å². The minimum Gasteiger partial charge on any atom is -0.451 e. The second kappa shape index (κ2) is 7.34. The van der Waals surface area contributed by atoms with Crippen LogP contribution in [0.4, 0.5) is 10.3 Å². The summed E-state index contributed by atoms with van der Waals surface area (Å²) in [6.45, 7) is 1.97. The van der Waals surface area contributed by atoms with Crippen LogP contribution in [0.5, 0.6) is 0 Å². The number of carbonyl (C=O) groups is 1. The second-order valence-corrected chi connectivity index (χ2v) is 7.51. The number of oxazole rings is 1. The van der Waals surface area contributed by atoms with Gasteiger partial charge in [0.25, 0.3) is 5.91 Å². The van der Waals surface area contributed by atoms with Gasteiger partial charge in [-0.15, -0.1) is 0 Å². The Labute approximate surface area is 172 Å². The number of halogens is 1. The predicted molar refractivity (Wildman–Crippen MR) is 105 cm³/mol.